The monoisotopic (exact) mass is 237 g/mol. The first-order valence-electron chi connectivity index (χ1n) is 6.02. The van der Waals surface area contributed by atoms with Gasteiger partial charge in [0.15, 0.2) is 0 Å². The lowest BCUT2D eigenvalue weighted by Gasteiger charge is -2.30. The molecule has 1 aliphatic rings. The second kappa shape index (κ2) is 5.27. The van der Waals surface area contributed by atoms with E-state index in [1.165, 1.54) is 19.3 Å². The van der Waals surface area contributed by atoms with Crippen LogP contribution < -0.4 is 5.73 Å². The summed E-state index contributed by atoms with van der Waals surface area (Å²) in [6, 6.07) is 0. The molecule has 1 fully saturated rings. The SMILES string of the molecule is CN(CC1CCC1)C(=O)Cn1cc(CN)nn1. The third-order valence-corrected chi connectivity index (χ3v) is 3.28. The molecule has 2 N–H and O–H groups in total. The minimum absolute atomic E-state index is 0.0744. The summed E-state index contributed by atoms with van der Waals surface area (Å²) in [5, 5.41) is 7.71. The Kier molecular flexibility index (Phi) is 3.73. The molecule has 0 radical (unpaired) electrons. The molecule has 1 aliphatic carbocycles. The molecule has 17 heavy (non-hydrogen) atoms. The fourth-order valence-electron chi connectivity index (χ4n) is 1.93. The van der Waals surface area contributed by atoms with Crippen LogP contribution in [0.3, 0.4) is 0 Å². The molecule has 0 unspecified atom stereocenters. The molecule has 94 valence electrons. The normalized spacial score (nSPS) is 15.6. The largest absolute Gasteiger partial charge is 0.344 e. The maximum absolute atomic E-state index is 11.9. The number of hydrogen-bond acceptors (Lipinski definition) is 4. The number of carbonyl (C=O) groups is 1. The van der Waals surface area contributed by atoms with E-state index in [9.17, 15) is 4.79 Å². The van der Waals surface area contributed by atoms with E-state index in [1.54, 1.807) is 15.8 Å². The minimum atomic E-state index is 0.0744. The number of carbonyl (C=O) groups excluding carboxylic acids is 1. The van der Waals surface area contributed by atoms with Gasteiger partial charge in [0.2, 0.25) is 5.91 Å². The van der Waals surface area contributed by atoms with Crippen LogP contribution in [0.2, 0.25) is 0 Å². The smallest absolute Gasteiger partial charge is 0.244 e. The van der Waals surface area contributed by atoms with E-state index in [2.05, 4.69) is 10.3 Å². The highest BCUT2D eigenvalue weighted by atomic mass is 16.2. The molecular formula is C11H19N5O. The van der Waals surface area contributed by atoms with Gasteiger partial charge in [-0.1, -0.05) is 11.6 Å². The van der Waals surface area contributed by atoms with E-state index in [4.69, 9.17) is 5.73 Å². The Morgan fingerprint density at radius 1 is 1.65 bits per heavy atom. The molecule has 1 heterocycles. The lowest BCUT2D eigenvalue weighted by Crippen LogP contribution is -2.36. The third-order valence-electron chi connectivity index (χ3n) is 3.28. The number of hydrogen-bond donors (Lipinski definition) is 1. The zero-order chi connectivity index (χ0) is 12.3. The van der Waals surface area contributed by atoms with E-state index >= 15 is 0 Å². The summed E-state index contributed by atoms with van der Waals surface area (Å²) in [6.45, 7) is 1.46. The minimum Gasteiger partial charge on any atom is -0.344 e. The molecule has 0 spiro atoms. The van der Waals surface area contributed by atoms with Gasteiger partial charge in [-0.2, -0.15) is 0 Å². The zero-order valence-corrected chi connectivity index (χ0v) is 10.2. The molecule has 1 aromatic rings. The van der Waals surface area contributed by atoms with Crippen LogP contribution >= 0.6 is 0 Å². The van der Waals surface area contributed by atoms with Crippen LogP contribution in [-0.4, -0.2) is 39.4 Å². The first-order valence-corrected chi connectivity index (χ1v) is 6.02. The van der Waals surface area contributed by atoms with Gasteiger partial charge in [0.05, 0.1) is 11.9 Å². The highest BCUT2D eigenvalue weighted by Crippen LogP contribution is 2.26. The number of rotatable bonds is 5. The fourth-order valence-corrected chi connectivity index (χ4v) is 1.93. The van der Waals surface area contributed by atoms with Gasteiger partial charge >= 0.3 is 0 Å². The van der Waals surface area contributed by atoms with Gasteiger partial charge in [-0.25, -0.2) is 4.68 Å². The molecule has 6 heteroatoms. The lowest BCUT2D eigenvalue weighted by molar-refractivity contribution is -0.131. The summed E-state index contributed by atoms with van der Waals surface area (Å²) in [6.07, 6.45) is 5.52. The van der Waals surface area contributed by atoms with Crippen LogP contribution in [0.5, 0.6) is 0 Å². The maximum Gasteiger partial charge on any atom is 0.244 e. The van der Waals surface area contributed by atoms with Crippen molar-refractivity contribution in [1.29, 1.82) is 0 Å². The van der Waals surface area contributed by atoms with Gasteiger partial charge in [-0.15, -0.1) is 5.10 Å². The van der Waals surface area contributed by atoms with Crippen LogP contribution in [0, 0.1) is 5.92 Å². The van der Waals surface area contributed by atoms with Gasteiger partial charge in [0.25, 0.3) is 0 Å². The Labute approximate surface area is 101 Å². The third kappa shape index (κ3) is 3.03. The second-order valence-electron chi connectivity index (χ2n) is 4.68. The van der Waals surface area contributed by atoms with E-state index in [1.807, 2.05) is 7.05 Å². The van der Waals surface area contributed by atoms with Crippen molar-refractivity contribution in [2.45, 2.75) is 32.4 Å². The summed E-state index contributed by atoms with van der Waals surface area (Å²) in [7, 11) is 1.85. The zero-order valence-electron chi connectivity index (χ0n) is 10.2. The molecule has 1 aromatic heterocycles. The van der Waals surface area contributed by atoms with Crippen LogP contribution in [0.1, 0.15) is 25.0 Å². The van der Waals surface area contributed by atoms with Gasteiger partial charge in [0, 0.05) is 20.1 Å². The van der Waals surface area contributed by atoms with E-state index in [0.29, 0.717) is 18.2 Å². The molecule has 1 amide bonds. The van der Waals surface area contributed by atoms with E-state index in [-0.39, 0.29) is 12.5 Å². The number of likely N-dealkylation sites (N-methyl/N-ethyl adjacent to an activating group) is 1. The van der Waals surface area contributed by atoms with E-state index < -0.39 is 0 Å². The predicted molar refractivity (Wildman–Crippen MR) is 62.9 cm³/mol. The number of nitrogens with two attached hydrogens (primary N) is 1. The van der Waals surface area contributed by atoms with Crippen molar-refractivity contribution in [3.05, 3.63) is 11.9 Å². The summed E-state index contributed by atoms with van der Waals surface area (Å²) in [4.78, 5) is 13.7. The van der Waals surface area contributed by atoms with Crippen molar-refractivity contribution in [3.63, 3.8) is 0 Å². The van der Waals surface area contributed by atoms with Crippen molar-refractivity contribution >= 4 is 5.91 Å². The number of nitrogens with zero attached hydrogens (tertiary/aromatic N) is 4. The molecule has 0 atom stereocenters. The highest BCUT2D eigenvalue weighted by molar-refractivity contribution is 5.75. The molecule has 0 bridgehead atoms. The number of aromatic nitrogens is 3. The van der Waals surface area contributed by atoms with Gasteiger partial charge in [-0.3, -0.25) is 4.79 Å². The predicted octanol–water partition coefficient (Wildman–Crippen LogP) is -0.00470. The van der Waals surface area contributed by atoms with Gasteiger partial charge in [0.1, 0.15) is 6.54 Å². The summed E-state index contributed by atoms with van der Waals surface area (Å²) in [5.41, 5.74) is 6.14. The Morgan fingerprint density at radius 2 is 2.41 bits per heavy atom. The van der Waals surface area contributed by atoms with Crippen molar-refractivity contribution in [3.8, 4) is 0 Å². The molecule has 0 aliphatic heterocycles. The van der Waals surface area contributed by atoms with Gasteiger partial charge < -0.3 is 10.6 Å². The maximum atomic E-state index is 11.9. The lowest BCUT2D eigenvalue weighted by atomic mass is 9.85. The van der Waals surface area contributed by atoms with E-state index in [0.717, 1.165) is 6.54 Å². The van der Waals surface area contributed by atoms with Crippen LogP contribution in [0.15, 0.2) is 6.20 Å². The van der Waals surface area contributed by atoms with Crippen molar-refractivity contribution in [2.24, 2.45) is 11.7 Å². The van der Waals surface area contributed by atoms with Crippen molar-refractivity contribution in [1.82, 2.24) is 19.9 Å². The second-order valence-corrected chi connectivity index (χ2v) is 4.68. The summed E-state index contributed by atoms with van der Waals surface area (Å²) in [5.74, 6) is 0.768. The van der Waals surface area contributed by atoms with Crippen LogP contribution in [0.4, 0.5) is 0 Å². The number of amides is 1. The first-order chi connectivity index (χ1) is 8.19. The quantitative estimate of drug-likeness (QED) is 0.781. The molecular weight excluding hydrogens is 218 g/mol. The fraction of sp³-hybridized carbons (Fsp3) is 0.727. The Morgan fingerprint density at radius 3 is 2.94 bits per heavy atom. The standard InChI is InChI=1S/C11H19N5O/c1-15(6-9-3-2-4-9)11(17)8-16-7-10(5-12)13-14-16/h7,9H,2-6,8,12H2,1H3. The average Bonchev–Trinajstić information content (AvgIpc) is 2.70. The molecule has 0 saturated heterocycles. The molecule has 0 aromatic carbocycles. The Hall–Kier alpha value is -1.43. The Bertz CT molecular complexity index is 385. The molecule has 6 nitrogen and oxygen atoms in total. The van der Waals surface area contributed by atoms with Crippen molar-refractivity contribution in [2.75, 3.05) is 13.6 Å². The Balaban J connectivity index is 1.82. The first kappa shape index (κ1) is 12.0. The van der Waals surface area contributed by atoms with Gasteiger partial charge in [-0.05, 0) is 18.8 Å². The molecule has 1 saturated carbocycles. The highest BCUT2D eigenvalue weighted by Gasteiger charge is 2.21. The average molecular weight is 237 g/mol. The topological polar surface area (TPSA) is 77.0 Å². The van der Waals surface area contributed by atoms with Crippen LogP contribution in [-0.2, 0) is 17.9 Å². The summed E-state index contributed by atoms with van der Waals surface area (Å²) >= 11 is 0. The molecule has 2 rings (SSSR count). The van der Waals surface area contributed by atoms with Crippen molar-refractivity contribution < 1.29 is 4.79 Å². The summed E-state index contributed by atoms with van der Waals surface area (Å²) < 4.78 is 1.54. The van der Waals surface area contributed by atoms with Crippen LogP contribution in [0.25, 0.3) is 0 Å².